The quantitative estimate of drug-likeness (QED) is 0.0374. The fraction of sp³-hybridized carbons (Fsp3) is 0.810. The van der Waals surface area contributed by atoms with Crippen molar-refractivity contribution in [1.82, 2.24) is 0 Å². The first-order valence-electron chi connectivity index (χ1n) is 29.8. The average molecular weight is 952 g/mol. The predicted octanol–water partition coefficient (Wildman–Crippen LogP) is 20.2. The molecule has 396 valence electrons. The lowest BCUT2D eigenvalue weighted by atomic mass is 10.0. The van der Waals surface area contributed by atoms with Gasteiger partial charge in [0.25, 0.3) is 0 Å². The number of carbonyl (C=O) groups is 2. The van der Waals surface area contributed by atoms with Gasteiger partial charge in [-0.05, 0) is 77.0 Å². The Bertz CT molecular complexity index is 1170. The Balaban J connectivity index is 3.35. The molecular formula is C63H114O5. The third-order valence-electron chi connectivity index (χ3n) is 13.3. The summed E-state index contributed by atoms with van der Waals surface area (Å²) in [5, 5.41) is 9.60. The third-order valence-corrected chi connectivity index (χ3v) is 13.3. The van der Waals surface area contributed by atoms with Crippen molar-refractivity contribution in [3.8, 4) is 0 Å². The van der Waals surface area contributed by atoms with Crippen LogP contribution in [0.15, 0.2) is 60.8 Å². The highest BCUT2D eigenvalue weighted by atomic mass is 16.6. The molecule has 5 nitrogen and oxygen atoms in total. The molecule has 0 aromatic heterocycles. The molecule has 0 aliphatic heterocycles. The summed E-state index contributed by atoms with van der Waals surface area (Å²) in [6, 6.07) is 0. The van der Waals surface area contributed by atoms with Crippen LogP contribution in [-0.4, -0.2) is 36.4 Å². The van der Waals surface area contributed by atoms with E-state index in [0.29, 0.717) is 12.8 Å². The average Bonchev–Trinajstić information content (AvgIpc) is 3.34. The minimum absolute atomic E-state index is 0.0759. The fourth-order valence-corrected chi connectivity index (χ4v) is 8.84. The van der Waals surface area contributed by atoms with E-state index in [0.717, 1.165) is 70.6 Å². The number of aliphatic hydroxyl groups is 1. The van der Waals surface area contributed by atoms with Crippen LogP contribution in [0.4, 0.5) is 0 Å². The summed E-state index contributed by atoms with van der Waals surface area (Å²) >= 11 is 0. The molecule has 0 rings (SSSR count). The van der Waals surface area contributed by atoms with E-state index in [1.54, 1.807) is 0 Å². The largest absolute Gasteiger partial charge is 0.462 e. The number of esters is 2. The van der Waals surface area contributed by atoms with Crippen LogP contribution in [0, 0.1) is 0 Å². The highest BCUT2D eigenvalue weighted by molar-refractivity contribution is 5.70. The molecule has 0 fully saturated rings. The molecular weight excluding hydrogens is 837 g/mol. The van der Waals surface area contributed by atoms with Crippen LogP contribution in [0.5, 0.6) is 0 Å². The van der Waals surface area contributed by atoms with Crippen LogP contribution >= 0.6 is 0 Å². The van der Waals surface area contributed by atoms with Crippen LogP contribution in [0.1, 0.15) is 309 Å². The van der Waals surface area contributed by atoms with Gasteiger partial charge in [0.15, 0.2) is 6.10 Å². The van der Waals surface area contributed by atoms with Crippen LogP contribution in [0.25, 0.3) is 0 Å². The van der Waals surface area contributed by atoms with E-state index in [1.807, 2.05) is 0 Å². The topological polar surface area (TPSA) is 72.8 Å². The molecule has 0 bridgehead atoms. The van der Waals surface area contributed by atoms with Crippen molar-refractivity contribution in [1.29, 1.82) is 0 Å². The van der Waals surface area contributed by atoms with E-state index in [-0.39, 0.29) is 25.2 Å². The summed E-state index contributed by atoms with van der Waals surface area (Å²) in [5.41, 5.74) is 0. The molecule has 0 aliphatic carbocycles. The van der Waals surface area contributed by atoms with Gasteiger partial charge in [-0.3, -0.25) is 9.59 Å². The number of hydrogen-bond acceptors (Lipinski definition) is 5. The first-order valence-corrected chi connectivity index (χ1v) is 29.8. The number of rotatable bonds is 55. The van der Waals surface area contributed by atoms with Gasteiger partial charge in [0, 0.05) is 12.8 Å². The third kappa shape index (κ3) is 56.2. The van der Waals surface area contributed by atoms with Crippen molar-refractivity contribution in [2.45, 2.75) is 315 Å². The number of unbranched alkanes of at least 4 members (excludes halogenated alkanes) is 37. The van der Waals surface area contributed by atoms with Crippen LogP contribution in [-0.2, 0) is 19.1 Å². The van der Waals surface area contributed by atoms with E-state index in [1.165, 1.54) is 212 Å². The maximum Gasteiger partial charge on any atom is 0.306 e. The predicted molar refractivity (Wildman–Crippen MR) is 297 cm³/mol. The highest BCUT2D eigenvalue weighted by Gasteiger charge is 2.16. The zero-order valence-electron chi connectivity index (χ0n) is 45.4. The van der Waals surface area contributed by atoms with Crippen LogP contribution in [0.3, 0.4) is 0 Å². The van der Waals surface area contributed by atoms with Crippen molar-refractivity contribution < 1.29 is 24.2 Å². The number of hydrogen-bond donors (Lipinski definition) is 1. The normalized spacial score (nSPS) is 12.6. The summed E-state index contributed by atoms with van der Waals surface area (Å²) in [6.45, 7) is 4.01. The van der Waals surface area contributed by atoms with Gasteiger partial charge in [0.2, 0.25) is 0 Å². The molecule has 68 heavy (non-hydrogen) atoms. The Morgan fingerprint density at radius 2 is 0.632 bits per heavy atom. The van der Waals surface area contributed by atoms with Crippen molar-refractivity contribution >= 4 is 11.9 Å². The van der Waals surface area contributed by atoms with Crippen molar-refractivity contribution in [2.75, 3.05) is 13.2 Å². The molecule has 0 aromatic rings. The molecule has 0 aliphatic rings. The number of aliphatic hydroxyl groups excluding tert-OH is 1. The Hall–Kier alpha value is -2.40. The maximum absolute atomic E-state index is 12.2. The van der Waals surface area contributed by atoms with E-state index in [9.17, 15) is 14.7 Å². The molecule has 0 amide bonds. The lowest BCUT2D eigenvalue weighted by molar-refractivity contribution is -0.161. The summed E-state index contributed by atoms with van der Waals surface area (Å²) < 4.78 is 10.6. The van der Waals surface area contributed by atoms with Gasteiger partial charge in [0.1, 0.15) is 6.61 Å². The molecule has 1 atom stereocenters. The summed E-state index contributed by atoms with van der Waals surface area (Å²) in [6.07, 6.45) is 79.6. The molecule has 1 unspecified atom stereocenters. The lowest BCUT2D eigenvalue weighted by Gasteiger charge is -2.15. The Kier molecular flexibility index (Phi) is 56.8. The monoisotopic (exact) mass is 951 g/mol. The maximum atomic E-state index is 12.2. The van der Waals surface area contributed by atoms with Gasteiger partial charge in [-0.1, -0.05) is 280 Å². The summed E-state index contributed by atoms with van der Waals surface area (Å²) in [4.78, 5) is 24.4. The smallest absolute Gasteiger partial charge is 0.306 e. The van der Waals surface area contributed by atoms with Gasteiger partial charge < -0.3 is 14.6 Å². The molecule has 0 saturated heterocycles. The van der Waals surface area contributed by atoms with E-state index < -0.39 is 6.10 Å². The number of carbonyl (C=O) groups excluding carboxylic acids is 2. The fourth-order valence-electron chi connectivity index (χ4n) is 8.84. The Morgan fingerprint density at radius 1 is 0.353 bits per heavy atom. The first kappa shape index (κ1) is 65.6. The van der Waals surface area contributed by atoms with Gasteiger partial charge in [-0.25, -0.2) is 0 Å². The molecule has 0 saturated carbocycles. The lowest BCUT2D eigenvalue weighted by Crippen LogP contribution is -2.28. The molecule has 0 heterocycles. The van der Waals surface area contributed by atoms with Crippen molar-refractivity contribution in [2.24, 2.45) is 0 Å². The van der Waals surface area contributed by atoms with Gasteiger partial charge in [-0.2, -0.15) is 0 Å². The second-order valence-corrected chi connectivity index (χ2v) is 20.0. The zero-order chi connectivity index (χ0) is 49.2. The van der Waals surface area contributed by atoms with E-state index in [4.69, 9.17) is 9.47 Å². The number of allylic oxidation sites excluding steroid dienone is 10. The van der Waals surface area contributed by atoms with Crippen LogP contribution < -0.4 is 0 Å². The van der Waals surface area contributed by atoms with E-state index >= 15 is 0 Å². The summed E-state index contributed by atoms with van der Waals surface area (Å²) in [5.74, 6) is -0.616. The molecule has 5 heteroatoms. The second-order valence-electron chi connectivity index (χ2n) is 20.0. The number of ether oxygens (including phenoxy) is 2. The van der Waals surface area contributed by atoms with Crippen LogP contribution in [0.2, 0.25) is 0 Å². The molecule has 0 spiro atoms. The van der Waals surface area contributed by atoms with Crippen molar-refractivity contribution in [3.05, 3.63) is 60.8 Å². The minimum Gasteiger partial charge on any atom is -0.462 e. The SMILES string of the molecule is CC/C=C\C/C=C\C/C=C\CCCCCC(=O)OC(CO)COC(=O)CCCCCCCCCCCCCCCCCCCCCCCCCCCCCCC/C=C\C/C=C\CCCCCCC. The minimum atomic E-state index is -0.786. The zero-order valence-corrected chi connectivity index (χ0v) is 45.4. The van der Waals surface area contributed by atoms with Gasteiger partial charge in [0.05, 0.1) is 6.61 Å². The second kappa shape index (κ2) is 58.9. The van der Waals surface area contributed by atoms with Crippen molar-refractivity contribution in [3.63, 3.8) is 0 Å². The molecule has 0 radical (unpaired) electrons. The first-order chi connectivity index (χ1) is 33.6. The van der Waals surface area contributed by atoms with Gasteiger partial charge in [-0.15, -0.1) is 0 Å². The standard InChI is InChI=1S/C63H114O5/c1-3-5-7-9-11-13-15-17-18-19-20-21-22-23-24-25-26-27-28-29-30-31-32-33-34-35-36-37-38-39-40-41-42-43-44-46-47-49-51-53-55-57-62(65)67-60-61(59-64)68-63(66)58-56-54-52-50-48-45-16-14-12-10-8-6-4-2/h6,8,12,14-15,17,19-20,45,48,61,64H,3-5,7,9-11,13,16,18,21-44,46-47,49-60H2,1-2H3/b8-6-,14-12-,17-15-,20-19-,48-45-. The molecule has 0 aromatic carbocycles. The Labute approximate surface area is 423 Å². The van der Waals surface area contributed by atoms with Gasteiger partial charge >= 0.3 is 11.9 Å². The molecule has 1 N–H and O–H groups in total. The Morgan fingerprint density at radius 3 is 0.971 bits per heavy atom. The summed E-state index contributed by atoms with van der Waals surface area (Å²) in [7, 11) is 0. The van der Waals surface area contributed by atoms with E-state index in [2.05, 4.69) is 74.6 Å². The highest BCUT2D eigenvalue weighted by Crippen LogP contribution is 2.17.